The zero-order valence-corrected chi connectivity index (χ0v) is 21.2. The maximum atomic E-state index is 13.2. The van der Waals surface area contributed by atoms with Crippen molar-refractivity contribution in [2.45, 2.75) is 110 Å². The predicted octanol–water partition coefficient (Wildman–Crippen LogP) is 6.20. The molecule has 1 aromatic carbocycles. The summed E-state index contributed by atoms with van der Waals surface area (Å²) in [5, 5.41) is 10.9. The zero-order chi connectivity index (χ0) is 23.3. The van der Waals surface area contributed by atoms with Crippen LogP contribution in [0.4, 0.5) is 0 Å². The molecule has 1 fully saturated rings. The minimum atomic E-state index is -0.161. The normalized spacial score (nSPS) is 20.4. The lowest BCUT2D eigenvalue weighted by atomic mass is 9.72. The number of phenolic OH excluding ortho intramolecular Hbond substituents is 1. The van der Waals surface area contributed by atoms with Gasteiger partial charge in [0.15, 0.2) is 0 Å². The molecule has 1 saturated heterocycles. The Morgan fingerprint density at radius 3 is 1.77 bits per heavy atom. The second-order valence-electron chi connectivity index (χ2n) is 12.6. The summed E-state index contributed by atoms with van der Waals surface area (Å²) in [5.74, 6) is 0.711. The summed E-state index contributed by atoms with van der Waals surface area (Å²) >= 11 is 0. The lowest BCUT2D eigenvalue weighted by Crippen LogP contribution is -2.59. The molecule has 1 aliphatic rings. The van der Waals surface area contributed by atoms with Crippen LogP contribution < -0.4 is 0 Å². The van der Waals surface area contributed by atoms with E-state index in [1.54, 1.807) is 0 Å². The molecule has 0 spiro atoms. The molecule has 1 aromatic rings. The third-order valence-corrected chi connectivity index (χ3v) is 7.03. The monoisotopic (exact) mass is 414 g/mol. The lowest BCUT2D eigenvalue weighted by molar-refractivity contribution is -0.126. The van der Waals surface area contributed by atoms with Crippen molar-refractivity contribution in [1.29, 1.82) is 0 Å². The van der Waals surface area contributed by atoms with Crippen molar-refractivity contribution >= 4 is 5.78 Å². The summed E-state index contributed by atoms with van der Waals surface area (Å²) in [6.45, 7) is 21.7. The molecular weight excluding hydrogens is 370 g/mol. The van der Waals surface area contributed by atoms with Crippen molar-refractivity contribution in [2.75, 3.05) is 7.05 Å². The highest BCUT2D eigenvalue weighted by Crippen LogP contribution is 2.42. The summed E-state index contributed by atoms with van der Waals surface area (Å²) in [4.78, 5) is 15.6. The fraction of sp³-hybridized carbons (Fsp3) is 0.704. The van der Waals surface area contributed by atoms with Gasteiger partial charge in [0.25, 0.3) is 0 Å². The number of hydrogen-bond acceptors (Lipinski definition) is 3. The Morgan fingerprint density at radius 2 is 1.40 bits per heavy atom. The van der Waals surface area contributed by atoms with Gasteiger partial charge in [0.05, 0.1) is 0 Å². The van der Waals surface area contributed by atoms with Crippen LogP contribution in [0.1, 0.15) is 98.8 Å². The van der Waals surface area contributed by atoms with Crippen LogP contribution in [0.25, 0.3) is 0 Å². The fourth-order valence-electron chi connectivity index (χ4n) is 4.91. The summed E-state index contributed by atoms with van der Waals surface area (Å²) in [5.41, 5.74) is 2.70. The number of piperidine rings is 1. The molecule has 1 N–H and O–H groups in total. The molecule has 169 valence electrons. The van der Waals surface area contributed by atoms with Gasteiger partial charge in [-0.1, -0.05) is 53.7 Å². The first-order valence-electron chi connectivity index (χ1n) is 11.3. The molecule has 1 heterocycles. The predicted molar refractivity (Wildman–Crippen MR) is 127 cm³/mol. The summed E-state index contributed by atoms with van der Waals surface area (Å²) < 4.78 is 0. The Morgan fingerprint density at radius 1 is 1.00 bits per heavy atom. The average Bonchev–Trinajstić information content (AvgIpc) is 2.55. The molecule has 30 heavy (non-hydrogen) atoms. The van der Waals surface area contributed by atoms with Gasteiger partial charge in [-0.2, -0.15) is 0 Å². The van der Waals surface area contributed by atoms with E-state index in [2.05, 4.69) is 93.3 Å². The number of carbonyl (C=O) groups is 1. The quantitative estimate of drug-likeness (QED) is 0.637. The summed E-state index contributed by atoms with van der Waals surface area (Å²) in [7, 11) is 2.17. The standard InChI is InChI=1S/C27H44NO2/c1-24(2,3)20-14-18(15-21(23(20)30)25(4,5)6)12-13-22(29)19-16-26(7,8)28(11)27(9,10)17-19/h13-15,19,30H,12,16-17H2,1-11H3. The maximum Gasteiger partial charge on any atom is 0.140 e. The first kappa shape index (κ1) is 24.9. The van der Waals surface area contributed by atoms with E-state index in [0.717, 1.165) is 29.5 Å². The van der Waals surface area contributed by atoms with Crippen molar-refractivity contribution in [1.82, 2.24) is 4.90 Å². The number of hydrogen-bond donors (Lipinski definition) is 1. The van der Waals surface area contributed by atoms with Crippen molar-refractivity contribution in [3.8, 4) is 5.75 Å². The first-order chi connectivity index (χ1) is 13.4. The van der Waals surface area contributed by atoms with E-state index in [1.807, 2.05) is 6.42 Å². The number of Topliss-reactive ketones (excluding diaryl/α,β-unsaturated/α-hetero) is 1. The van der Waals surface area contributed by atoms with Gasteiger partial charge in [-0.25, -0.2) is 0 Å². The van der Waals surface area contributed by atoms with Gasteiger partial charge in [0.1, 0.15) is 11.5 Å². The van der Waals surface area contributed by atoms with Crippen LogP contribution in [-0.2, 0) is 22.0 Å². The second kappa shape index (κ2) is 7.97. The van der Waals surface area contributed by atoms with Crippen LogP contribution in [0.3, 0.4) is 0 Å². The number of rotatable bonds is 4. The number of nitrogens with zero attached hydrogens (tertiary/aromatic N) is 1. The van der Waals surface area contributed by atoms with E-state index in [4.69, 9.17) is 0 Å². The number of aromatic hydroxyl groups is 1. The van der Waals surface area contributed by atoms with Gasteiger partial charge in [0.2, 0.25) is 0 Å². The van der Waals surface area contributed by atoms with Crippen molar-refractivity contribution in [3.63, 3.8) is 0 Å². The molecular formula is C27H44NO2. The third-order valence-electron chi connectivity index (χ3n) is 7.03. The number of ketones is 1. The molecule has 1 radical (unpaired) electrons. The van der Waals surface area contributed by atoms with Crippen molar-refractivity contribution in [3.05, 3.63) is 35.2 Å². The lowest BCUT2D eigenvalue weighted by Gasteiger charge is -2.53. The van der Waals surface area contributed by atoms with Gasteiger partial charge >= 0.3 is 0 Å². The van der Waals surface area contributed by atoms with Crippen LogP contribution in [0, 0.1) is 12.3 Å². The summed E-state index contributed by atoms with van der Waals surface area (Å²) in [6, 6.07) is 4.16. The molecule has 0 aliphatic carbocycles. The zero-order valence-electron chi connectivity index (χ0n) is 21.2. The number of benzene rings is 1. The molecule has 0 bridgehead atoms. The minimum Gasteiger partial charge on any atom is -0.507 e. The van der Waals surface area contributed by atoms with Crippen LogP contribution in [0.15, 0.2) is 12.1 Å². The van der Waals surface area contributed by atoms with E-state index in [-0.39, 0.29) is 33.6 Å². The second-order valence-corrected chi connectivity index (χ2v) is 12.6. The SMILES string of the molecule is CN1C(C)(C)CC(C(=O)[CH]Cc2cc(C(C)(C)C)c(O)c(C(C)(C)C)c2)CC1(C)C. The van der Waals surface area contributed by atoms with Gasteiger partial charge in [-0.05, 0) is 81.5 Å². The van der Waals surface area contributed by atoms with Crippen LogP contribution in [0.5, 0.6) is 5.75 Å². The first-order valence-corrected chi connectivity index (χ1v) is 11.3. The smallest absolute Gasteiger partial charge is 0.140 e. The highest BCUT2D eigenvalue weighted by Gasteiger charge is 2.44. The highest BCUT2D eigenvalue weighted by atomic mass is 16.3. The maximum absolute atomic E-state index is 13.2. The largest absolute Gasteiger partial charge is 0.507 e. The molecule has 0 atom stereocenters. The van der Waals surface area contributed by atoms with E-state index in [1.165, 1.54) is 0 Å². The Hall–Kier alpha value is -1.35. The number of carbonyl (C=O) groups excluding carboxylic acids is 1. The Balaban J connectivity index is 2.26. The molecule has 0 saturated carbocycles. The van der Waals surface area contributed by atoms with E-state index in [9.17, 15) is 9.90 Å². The molecule has 0 amide bonds. The van der Waals surface area contributed by atoms with Gasteiger partial charge in [-0.15, -0.1) is 0 Å². The molecule has 3 nitrogen and oxygen atoms in total. The van der Waals surface area contributed by atoms with E-state index >= 15 is 0 Å². The van der Waals surface area contributed by atoms with E-state index < -0.39 is 0 Å². The summed E-state index contributed by atoms with van der Waals surface area (Å²) in [6.07, 6.45) is 4.27. The fourth-order valence-corrected chi connectivity index (χ4v) is 4.91. The topological polar surface area (TPSA) is 40.5 Å². The number of likely N-dealkylation sites (tertiary alicyclic amines) is 1. The van der Waals surface area contributed by atoms with Crippen molar-refractivity contribution in [2.24, 2.45) is 5.92 Å². The molecule has 0 aromatic heterocycles. The Labute approximate surface area is 185 Å². The van der Waals surface area contributed by atoms with Gasteiger partial charge in [0, 0.05) is 23.4 Å². The molecule has 3 heteroatoms. The average molecular weight is 415 g/mol. The minimum absolute atomic E-state index is 0.00720. The Kier molecular flexibility index (Phi) is 6.62. The molecule has 0 unspecified atom stereocenters. The molecule has 2 rings (SSSR count). The Bertz CT molecular complexity index is 737. The van der Waals surface area contributed by atoms with Gasteiger partial charge in [-0.3, -0.25) is 9.69 Å². The van der Waals surface area contributed by atoms with Crippen LogP contribution in [-0.4, -0.2) is 33.9 Å². The van der Waals surface area contributed by atoms with Crippen LogP contribution in [0.2, 0.25) is 0 Å². The van der Waals surface area contributed by atoms with Gasteiger partial charge < -0.3 is 5.11 Å². The number of phenols is 1. The highest BCUT2D eigenvalue weighted by molar-refractivity contribution is 5.89. The van der Waals surface area contributed by atoms with Crippen LogP contribution >= 0.6 is 0 Å². The molecule has 1 aliphatic heterocycles. The van der Waals surface area contributed by atoms with E-state index in [0.29, 0.717) is 12.2 Å². The third kappa shape index (κ3) is 5.28. The van der Waals surface area contributed by atoms with Crippen molar-refractivity contribution < 1.29 is 9.90 Å².